The number of carbonyl (C=O) groups is 4. The fourth-order valence-corrected chi connectivity index (χ4v) is 3.55. The standard InChI is InChI=1S/C29H45NO10/c1-8-18(5)14-37-28(34)39-22-11-10-21(13-23(22)40-29(35)38-15-19(6)9-2)25(26(30)27(32)33)20(7)16-36-24(31)12-17(3)4/h10-11,13,17-20,25-26H,8-9,12,14-16,30H2,1-7H3,(H,32,33)/t18?,19?,20?,25?,26-/m0/s1. The molecule has 0 spiro atoms. The molecular weight excluding hydrogens is 522 g/mol. The number of aliphatic carboxylic acids is 1. The minimum absolute atomic E-state index is 0.0788. The molecule has 0 fully saturated rings. The average Bonchev–Trinajstić information content (AvgIpc) is 2.89. The summed E-state index contributed by atoms with van der Waals surface area (Å²) >= 11 is 0. The Morgan fingerprint density at radius 3 is 1.80 bits per heavy atom. The van der Waals surface area contributed by atoms with Crippen LogP contribution in [0.1, 0.15) is 79.2 Å². The summed E-state index contributed by atoms with van der Waals surface area (Å²) in [5.74, 6) is -3.04. The van der Waals surface area contributed by atoms with Crippen LogP contribution in [0.15, 0.2) is 18.2 Å². The zero-order valence-corrected chi connectivity index (χ0v) is 24.6. The van der Waals surface area contributed by atoms with Crippen molar-refractivity contribution in [2.45, 2.75) is 79.7 Å². The van der Waals surface area contributed by atoms with Gasteiger partial charge in [-0.2, -0.15) is 0 Å². The third-order valence-electron chi connectivity index (χ3n) is 6.47. The Morgan fingerprint density at radius 2 is 1.32 bits per heavy atom. The van der Waals surface area contributed by atoms with Gasteiger partial charge in [0.1, 0.15) is 6.04 Å². The number of hydrogen-bond acceptors (Lipinski definition) is 10. The molecule has 0 saturated heterocycles. The Morgan fingerprint density at radius 1 is 0.800 bits per heavy atom. The molecule has 0 aromatic heterocycles. The molecule has 0 saturated carbocycles. The molecule has 5 atom stereocenters. The quantitative estimate of drug-likeness (QED) is 0.147. The van der Waals surface area contributed by atoms with E-state index in [2.05, 4.69) is 0 Å². The van der Waals surface area contributed by atoms with Crippen molar-refractivity contribution in [3.63, 3.8) is 0 Å². The summed E-state index contributed by atoms with van der Waals surface area (Å²) < 4.78 is 26.3. The summed E-state index contributed by atoms with van der Waals surface area (Å²) in [5.41, 5.74) is 6.42. The van der Waals surface area contributed by atoms with Gasteiger partial charge < -0.3 is 34.5 Å². The van der Waals surface area contributed by atoms with E-state index in [-0.39, 0.29) is 55.5 Å². The minimum atomic E-state index is -1.38. The van der Waals surface area contributed by atoms with Gasteiger partial charge in [0, 0.05) is 12.3 Å². The molecule has 0 heterocycles. The van der Waals surface area contributed by atoms with Crippen molar-refractivity contribution in [2.24, 2.45) is 29.4 Å². The third kappa shape index (κ3) is 12.2. The number of carboxylic acids is 1. The second-order valence-corrected chi connectivity index (χ2v) is 10.7. The van der Waals surface area contributed by atoms with Crippen molar-refractivity contribution < 1.29 is 48.0 Å². The van der Waals surface area contributed by atoms with Crippen molar-refractivity contribution in [3.8, 4) is 11.5 Å². The van der Waals surface area contributed by atoms with Gasteiger partial charge in [0.05, 0.1) is 19.8 Å². The largest absolute Gasteiger partial charge is 0.513 e. The van der Waals surface area contributed by atoms with Crippen LogP contribution in [0.2, 0.25) is 0 Å². The topological polar surface area (TPSA) is 161 Å². The second kappa shape index (κ2) is 17.4. The van der Waals surface area contributed by atoms with Crippen LogP contribution < -0.4 is 15.2 Å². The molecular formula is C29H45NO10. The van der Waals surface area contributed by atoms with Gasteiger partial charge in [0.2, 0.25) is 0 Å². The van der Waals surface area contributed by atoms with Gasteiger partial charge in [-0.05, 0) is 41.4 Å². The first-order valence-corrected chi connectivity index (χ1v) is 13.8. The molecule has 1 aromatic carbocycles. The predicted octanol–water partition coefficient (Wildman–Crippen LogP) is 5.53. The molecule has 3 N–H and O–H groups in total. The fraction of sp³-hybridized carbons (Fsp3) is 0.655. The molecule has 1 aromatic rings. The van der Waals surface area contributed by atoms with E-state index in [1.807, 2.05) is 41.5 Å². The lowest BCUT2D eigenvalue weighted by molar-refractivity contribution is -0.146. The summed E-state index contributed by atoms with van der Waals surface area (Å²) in [4.78, 5) is 48.7. The van der Waals surface area contributed by atoms with Gasteiger partial charge in [0.25, 0.3) is 0 Å². The fourth-order valence-electron chi connectivity index (χ4n) is 3.55. The summed E-state index contributed by atoms with van der Waals surface area (Å²) in [5, 5.41) is 9.69. The van der Waals surface area contributed by atoms with Gasteiger partial charge in [-0.25, -0.2) is 9.59 Å². The van der Waals surface area contributed by atoms with Crippen LogP contribution in [-0.4, -0.2) is 55.2 Å². The van der Waals surface area contributed by atoms with Crippen LogP contribution >= 0.6 is 0 Å². The van der Waals surface area contributed by atoms with E-state index in [9.17, 15) is 24.3 Å². The Hall–Kier alpha value is -3.34. The second-order valence-electron chi connectivity index (χ2n) is 10.7. The molecule has 0 aliphatic rings. The summed E-state index contributed by atoms with van der Waals surface area (Å²) in [6.45, 7) is 13.4. The van der Waals surface area contributed by atoms with Crippen LogP contribution in [0.25, 0.3) is 0 Å². The maximum atomic E-state index is 12.5. The Bertz CT molecular complexity index is 980. The Kier molecular flexibility index (Phi) is 15.1. The van der Waals surface area contributed by atoms with Gasteiger partial charge in [0.15, 0.2) is 11.5 Å². The number of carboxylic acid groups (broad SMARTS) is 1. The maximum absolute atomic E-state index is 12.5. The predicted molar refractivity (Wildman–Crippen MR) is 147 cm³/mol. The SMILES string of the molecule is CCC(C)COC(=O)Oc1ccc(C(C(C)COC(=O)CC(C)C)[C@H](N)C(=O)O)cc1OC(=O)OCC(C)CC. The number of hydrogen-bond donors (Lipinski definition) is 2. The monoisotopic (exact) mass is 567 g/mol. The smallest absolute Gasteiger partial charge is 0.480 e. The van der Waals surface area contributed by atoms with Crippen molar-refractivity contribution in [3.05, 3.63) is 23.8 Å². The Labute approximate surface area is 236 Å². The van der Waals surface area contributed by atoms with Crippen LogP contribution in [0.3, 0.4) is 0 Å². The highest BCUT2D eigenvalue weighted by atomic mass is 16.7. The van der Waals surface area contributed by atoms with Gasteiger partial charge in [-0.1, -0.05) is 67.4 Å². The summed E-state index contributed by atoms with van der Waals surface area (Å²) in [6, 6.07) is 2.85. The van der Waals surface area contributed by atoms with E-state index >= 15 is 0 Å². The molecule has 226 valence electrons. The first-order valence-electron chi connectivity index (χ1n) is 13.8. The number of esters is 1. The number of benzene rings is 1. The van der Waals surface area contributed by atoms with E-state index in [0.29, 0.717) is 5.56 Å². The molecule has 40 heavy (non-hydrogen) atoms. The lowest BCUT2D eigenvalue weighted by Crippen LogP contribution is -2.40. The number of rotatable bonds is 16. The zero-order valence-electron chi connectivity index (χ0n) is 24.6. The first kappa shape index (κ1) is 34.7. The van der Waals surface area contributed by atoms with Crippen molar-refractivity contribution in [1.82, 2.24) is 0 Å². The lowest BCUT2D eigenvalue weighted by atomic mass is 9.82. The number of nitrogens with two attached hydrogens (primary N) is 1. The van der Waals surface area contributed by atoms with Crippen LogP contribution in [0, 0.1) is 23.7 Å². The average molecular weight is 568 g/mol. The molecule has 1 rings (SSSR count). The third-order valence-corrected chi connectivity index (χ3v) is 6.47. The van der Waals surface area contributed by atoms with Gasteiger partial charge >= 0.3 is 24.2 Å². The normalized spacial score (nSPS) is 14.8. The molecule has 0 radical (unpaired) electrons. The van der Waals surface area contributed by atoms with Crippen LogP contribution in [-0.2, 0) is 23.8 Å². The Balaban J connectivity index is 3.31. The van der Waals surface area contributed by atoms with Crippen molar-refractivity contribution in [2.75, 3.05) is 19.8 Å². The molecule has 0 bridgehead atoms. The van der Waals surface area contributed by atoms with E-state index < -0.39 is 42.1 Å². The van der Waals surface area contributed by atoms with Gasteiger partial charge in [-0.3, -0.25) is 9.59 Å². The van der Waals surface area contributed by atoms with E-state index in [1.54, 1.807) is 6.92 Å². The molecule has 0 aliphatic carbocycles. The summed E-state index contributed by atoms with van der Waals surface area (Å²) in [7, 11) is 0. The highest BCUT2D eigenvalue weighted by Crippen LogP contribution is 2.36. The van der Waals surface area contributed by atoms with E-state index in [0.717, 1.165) is 12.8 Å². The maximum Gasteiger partial charge on any atom is 0.513 e. The van der Waals surface area contributed by atoms with Crippen molar-refractivity contribution in [1.29, 1.82) is 0 Å². The molecule has 11 heteroatoms. The van der Waals surface area contributed by atoms with Gasteiger partial charge in [-0.15, -0.1) is 0 Å². The van der Waals surface area contributed by atoms with Crippen LogP contribution in [0.4, 0.5) is 9.59 Å². The number of ether oxygens (including phenoxy) is 5. The molecule has 0 aliphatic heterocycles. The lowest BCUT2D eigenvalue weighted by Gasteiger charge is -2.28. The number of carbonyl (C=O) groups excluding carboxylic acids is 3. The summed E-state index contributed by atoms with van der Waals surface area (Å²) in [6.07, 6.45) is -0.208. The van der Waals surface area contributed by atoms with Crippen LogP contribution in [0.5, 0.6) is 11.5 Å². The highest BCUT2D eigenvalue weighted by Gasteiger charge is 2.33. The highest BCUT2D eigenvalue weighted by molar-refractivity contribution is 5.75. The molecule has 0 amide bonds. The van der Waals surface area contributed by atoms with E-state index in [4.69, 9.17) is 29.4 Å². The molecule has 4 unspecified atom stereocenters. The first-order chi connectivity index (χ1) is 18.8. The minimum Gasteiger partial charge on any atom is -0.480 e. The van der Waals surface area contributed by atoms with E-state index in [1.165, 1.54) is 18.2 Å². The molecule has 11 nitrogen and oxygen atoms in total. The van der Waals surface area contributed by atoms with Crippen molar-refractivity contribution >= 4 is 24.2 Å². The zero-order chi connectivity index (χ0) is 30.4.